The maximum Gasteiger partial charge on any atom is 0.0680 e. The summed E-state index contributed by atoms with van der Waals surface area (Å²) >= 11 is 0. The number of methoxy groups -OCH3 is 1. The van der Waals surface area contributed by atoms with E-state index in [0.29, 0.717) is 0 Å². The summed E-state index contributed by atoms with van der Waals surface area (Å²) in [5.41, 5.74) is 0. The molecule has 0 saturated carbocycles. The maximum atomic E-state index is 5.11. The largest absolute Gasteiger partial charge is 0.380 e. The summed E-state index contributed by atoms with van der Waals surface area (Å²) in [5.74, 6) is 2.58. The predicted molar refractivity (Wildman–Crippen MR) is 39.2 cm³/mol. The molecule has 0 heterocycles. The first kappa shape index (κ1) is 8.52. The summed E-state index contributed by atoms with van der Waals surface area (Å²) in [7, 11) is 1.71. The van der Waals surface area contributed by atoms with Gasteiger partial charge in [-0.1, -0.05) is 13.3 Å². The Morgan fingerprint density at radius 1 is 1.67 bits per heavy atom. The van der Waals surface area contributed by atoms with Gasteiger partial charge < -0.3 is 4.74 Å². The van der Waals surface area contributed by atoms with Crippen LogP contribution in [-0.4, -0.2) is 13.2 Å². The molecule has 0 bridgehead atoms. The van der Waals surface area contributed by atoms with Gasteiger partial charge in [0.05, 0.1) is 6.10 Å². The summed E-state index contributed by atoms with van der Waals surface area (Å²) in [6.45, 7) is 2.13. The standard InChI is InChI=1S/C8H14O/c1-4-6-8(9-3)7-5-2/h1,8H,5-7H2,2-3H3. The minimum Gasteiger partial charge on any atom is -0.380 e. The van der Waals surface area contributed by atoms with Crippen LogP contribution in [0.2, 0.25) is 0 Å². The molecule has 0 spiro atoms. The van der Waals surface area contributed by atoms with E-state index in [4.69, 9.17) is 11.2 Å². The molecule has 0 saturated heterocycles. The van der Waals surface area contributed by atoms with Crippen molar-refractivity contribution in [2.45, 2.75) is 32.3 Å². The van der Waals surface area contributed by atoms with E-state index in [-0.39, 0.29) is 6.10 Å². The van der Waals surface area contributed by atoms with E-state index in [1.165, 1.54) is 0 Å². The molecule has 0 amide bonds. The third kappa shape index (κ3) is 4.05. The predicted octanol–water partition coefficient (Wildman–Crippen LogP) is 1.82. The van der Waals surface area contributed by atoms with Crippen molar-refractivity contribution < 1.29 is 4.74 Å². The third-order valence-electron chi connectivity index (χ3n) is 1.29. The van der Waals surface area contributed by atoms with Gasteiger partial charge in [-0.15, -0.1) is 12.3 Å². The van der Waals surface area contributed by atoms with Gasteiger partial charge in [-0.05, 0) is 6.42 Å². The second-order valence-corrected chi connectivity index (χ2v) is 2.05. The third-order valence-corrected chi connectivity index (χ3v) is 1.29. The summed E-state index contributed by atoms with van der Waals surface area (Å²) in [5, 5.41) is 0. The molecule has 0 radical (unpaired) electrons. The lowest BCUT2D eigenvalue weighted by Gasteiger charge is -2.09. The average Bonchev–Trinajstić information content (AvgIpc) is 1.88. The first-order valence-electron chi connectivity index (χ1n) is 3.31. The highest BCUT2D eigenvalue weighted by atomic mass is 16.5. The van der Waals surface area contributed by atoms with Gasteiger partial charge in [0, 0.05) is 13.5 Å². The Hall–Kier alpha value is -0.480. The average molecular weight is 126 g/mol. The Bertz CT molecular complexity index is 91.2. The minimum absolute atomic E-state index is 0.278. The molecular weight excluding hydrogens is 112 g/mol. The normalized spacial score (nSPS) is 12.6. The lowest BCUT2D eigenvalue weighted by molar-refractivity contribution is 0.0989. The molecule has 0 aromatic carbocycles. The highest BCUT2D eigenvalue weighted by Crippen LogP contribution is 2.03. The van der Waals surface area contributed by atoms with Crippen molar-refractivity contribution in [2.75, 3.05) is 7.11 Å². The van der Waals surface area contributed by atoms with Gasteiger partial charge in [-0.2, -0.15) is 0 Å². The summed E-state index contributed by atoms with van der Waals surface area (Å²) in [4.78, 5) is 0. The molecule has 1 unspecified atom stereocenters. The molecule has 1 heteroatoms. The molecule has 9 heavy (non-hydrogen) atoms. The monoisotopic (exact) mass is 126 g/mol. The molecule has 0 rings (SSSR count). The van der Waals surface area contributed by atoms with Crippen LogP contribution in [0.25, 0.3) is 0 Å². The minimum atomic E-state index is 0.278. The molecule has 0 aliphatic rings. The molecule has 1 nitrogen and oxygen atoms in total. The van der Waals surface area contributed by atoms with Gasteiger partial charge in [0.15, 0.2) is 0 Å². The summed E-state index contributed by atoms with van der Waals surface area (Å²) in [6.07, 6.45) is 8.33. The molecule has 1 atom stereocenters. The molecule has 52 valence electrons. The second kappa shape index (κ2) is 5.65. The van der Waals surface area contributed by atoms with Gasteiger partial charge in [-0.25, -0.2) is 0 Å². The van der Waals surface area contributed by atoms with E-state index >= 15 is 0 Å². The summed E-state index contributed by atoms with van der Waals surface area (Å²) in [6, 6.07) is 0. The maximum absolute atomic E-state index is 5.11. The van der Waals surface area contributed by atoms with Crippen LogP contribution in [0.3, 0.4) is 0 Å². The highest BCUT2D eigenvalue weighted by molar-refractivity contribution is 4.87. The van der Waals surface area contributed by atoms with Crippen molar-refractivity contribution >= 4 is 0 Å². The molecule has 0 aliphatic heterocycles. The van der Waals surface area contributed by atoms with Gasteiger partial charge >= 0.3 is 0 Å². The van der Waals surface area contributed by atoms with Crippen molar-refractivity contribution in [1.29, 1.82) is 0 Å². The van der Waals surface area contributed by atoms with Crippen LogP contribution in [0, 0.1) is 12.3 Å². The zero-order valence-electron chi connectivity index (χ0n) is 6.18. The first-order chi connectivity index (χ1) is 4.35. The fraction of sp³-hybridized carbons (Fsp3) is 0.750. The fourth-order valence-electron chi connectivity index (χ4n) is 0.757. The van der Waals surface area contributed by atoms with Crippen LogP contribution < -0.4 is 0 Å². The van der Waals surface area contributed by atoms with Gasteiger partial charge in [0.2, 0.25) is 0 Å². The second-order valence-electron chi connectivity index (χ2n) is 2.05. The molecular formula is C8H14O. The van der Waals surface area contributed by atoms with Crippen LogP contribution in [0.5, 0.6) is 0 Å². The molecule has 0 fully saturated rings. The number of hydrogen-bond donors (Lipinski definition) is 0. The van der Waals surface area contributed by atoms with Crippen LogP contribution >= 0.6 is 0 Å². The lowest BCUT2D eigenvalue weighted by atomic mass is 10.1. The van der Waals surface area contributed by atoms with Crippen LogP contribution in [0.15, 0.2) is 0 Å². The van der Waals surface area contributed by atoms with E-state index in [9.17, 15) is 0 Å². The van der Waals surface area contributed by atoms with Gasteiger partial charge in [0.25, 0.3) is 0 Å². The number of rotatable bonds is 4. The van der Waals surface area contributed by atoms with Crippen molar-refractivity contribution in [3.63, 3.8) is 0 Å². The number of ether oxygens (including phenoxy) is 1. The zero-order valence-corrected chi connectivity index (χ0v) is 6.18. The smallest absolute Gasteiger partial charge is 0.0680 e. The topological polar surface area (TPSA) is 9.23 Å². The van der Waals surface area contributed by atoms with Gasteiger partial charge in [0.1, 0.15) is 0 Å². The number of hydrogen-bond acceptors (Lipinski definition) is 1. The van der Waals surface area contributed by atoms with Crippen LogP contribution in [-0.2, 0) is 4.74 Å². The van der Waals surface area contributed by atoms with Gasteiger partial charge in [-0.3, -0.25) is 0 Å². The Morgan fingerprint density at radius 2 is 2.33 bits per heavy atom. The van der Waals surface area contributed by atoms with Crippen molar-refractivity contribution in [3.05, 3.63) is 0 Å². The Morgan fingerprint density at radius 3 is 2.67 bits per heavy atom. The summed E-state index contributed by atoms with van der Waals surface area (Å²) < 4.78 is 5.09. The number of terminal acetylenes is 1. The van der Waals surface area contributed by atoms with E-state index in [0.717, 1.165) is 19.3 Å². The van der Waals surface area contributed by atoms with Crippen LogP contribution in [0.4, 0.5) is 0 Å². The lowest BCUT2D eigenvalue weighted by Crippen LogP contribution is -2.08. The molecule has 0 aliphatic carbocycles. The Kier molecular flexibility index (Phi) is 5.35. The molecule has 0 aromatic heterocycles. The highest BCUT2D eigenvalue weighted by Gasteiger charge is 2.01. The van der Waals surface area contributed by atoms with Crippen molar-refractivity contribution in [2.24, 2.45) is 0 Å². The van der Waals surface area contributed by atoms with E-state index < -0.39 is 0 Å². The van der Waals surface area contributed by atoms with Crippen molar-refractivity contribution in [3.8, 4) is 12.3 Å². The quantitative estimate of drug-likeness (QED) is 0.522. The fourth-order valence-corrected chi connectivity index (χ4v) is 0.757. The molecule has 0 aromatic rings. The van der Waals surface area contributed by atoms with Crippen molar-refractivity contribution in [1.82, 2.24) is 0 Å². The van der Waals surface area contributed by atoms with E-state index in [1.807, 2.05) is 0 Å². The van der Waals surface area contributed by atoms with E-state index in [1.54, 1.807) is 7.11 Å². The van der Waals surface area contributed by atoms with E-state index in [2.05, 4.69) is 12.8 Å². The first-order valence-corrected chi connectivity index (χ1v) is 3.31. The van der Waals surface area contributed by atoms with Crippen LogP contribution in [0.1, 0.15) is 26.2 Å². The zero-order chi connectivity index (χ0) is 7.11. The SMILES string of the molecule is C#CCC(CCC)OC. The molecule has 0 N–H and O–H groups in total. The Balaban J connectivity index is 3.32. The Labute approximate surface area is 57.4 Å².